The van der Waals surface area contributed by atoms with E-state index in [4.69, 9.17) is 4.74 Å². The summed E-state index contributed by atoms with van der Waals surface area (Å²) in [6, 6.07) is 9.03. The van der Waals surface area contributed by atoms with Crippen molar-refractivity contribution in [1.29, 1.82) is 0 Å². The van der Waals surface area contributed by atoms with Crippen LogP contribution in [0.3, 0.4) is 0 Å². The molecule has 21 heavy (non-hydrogen) atoms. The number of hydrogen-bond acceptors (Lipinski definition) is 2. The predicted octanol–water partition coefficient (Wildman–Crippen LogP) is 4.95. The second kappa shape index (κ2) is 8.43. The van der Waals surface area contributed by atoms with Gasteiger partial charge in [0, 0.05) is 11.6 Å². The van der Waals surface area contributed by atoms with Gasteiger partial charge in [-0.05, 0) is 50.6 Å². The molecule has 1 aliphatic carbocycles. The molecule has 2 heteroatoms. The first-order valence-corrected chi connectivity index (χ1v) is 8.71. The highest BCUT2D eigenvalue weighted by molar-refractivity contribution is 5.36. The number of rotatable bonds is 7. The summed E-state index contributed by atoms with van der Waals surface area (Å²) < 4.78 is 5.87. The van der Waals surface area contributed by atoms with Crippen LogP contribution < -0.4 is 10.1 Å². The zero-order valence-corrected chi connectivity index (χ0v) is 13.9. The molecule has 0 spiro atoms. The van der Waals surface area contributed by atoms with E-state index in [1.807, 2.05) is 0 Å². The van der Waals surface area contributed by atoms with Gasteiger partial charge in [-0.15, -0.1) is 0 Å². The van der Waals surface area contributed by atoms with E-state index in [1.54, 1.807) is 0 Å². The minimum atomic E-state index is 0.445. The van der Waals surface area contributed by atoms with Crippen molar-refractivity contribution in [3.63, 3.8) is 0 Å². The lowest BCUT2D eigenvalue weighted by Crippen LogP contribution is -2.31. The molecular formula is C19H31NO. The van der Waals surface area contributed by atoms with Crippen molar-refractivity contribution in [3.05, 3.63) is 29.8 Å². The minimum absolute atomic E-state index is 0.445. The van der Waals surface area contributed by atoms with Gasteiger partial charge in [0.2, 0.25) is 0 Å². The smallest absolute Gasteiger partial charge is 0.124 e. The van der Waals surface area contributed by atoms with E-state index in [0.29, 0.717) is 6.04 Å². The molecular weight excluding hydrogens is 258 g/mol. The van der Waals surface area contributed by atoms with Crippen LogP contribution in [0.15, 0.2) is 24.3 Å². The molecule has 0 aromatic heterocycles. The van der Waals surface area contributed by atoms with Gasteiger partial charge in [-0.2, -0.15) is 0 Å². The molecule has 1 unspecified atom stereocenters. The van der Waals surface area contributed by atoms with E-state index < -0.39 is 0 Å². The van der Waals surface area contributed by atoms with Crippen molar-refractivity contribution in [1.82, 2.24) is 5.32 Å². The molecule has 1 aromatic rings. The van der Waals surface area contributed by atoms with E-state index in [9.17, 15) is 0 Å². The van der Waals surface area contributed by atoms with E-state index in [0.717, 1.165) is 30.7 Å². The van der Waals surface area contributed by atoms with Crippen LogP contribution >= 0.6 is 0 Å². The molecule has 1 saturated carbocycles. The third-order valence-electron chi connectivity index (χ3n) is 4.70. The first kappa shape index (κ1) is 16.4. The van der Waals surface area contributed by atoms with Crippen LogP contribution in [0.1, 0.15) is 64.5 Å². The number of ether oxygens (including phenoxy) is 1. The third kappa shape index (κ3) is 4.47. The van der Waals surface area contributed by atoms with Crippen LogP contribution in [0, 0.1) is 11.8 Å². The summed E-state index contributed by atoms with van der Waals surface area (Å²) in [7, 11) is 0. The molecule has 0 amide bonds. The first-order valence-electron chi connectivity index (χ1n) is 8.71. The largest absolute Gasteiger partial charge is 0.494 e. The van der Waals surface area contributed by atoms with Crippen LogP contribution in [0.5, 0.6) is 5.75 Å². The molecule has 1 aromatic carbocycles. The lowest BCUT2D eigenvalue weighted by molar-refractivity contribution is 0.226. The van der Waals surface area contributed by atoms with Crippen LogP contribution in [0.25, 0.3) is 0 Å². The van der Waals surface area contributed by atoms with Crippen molar-refractivity contribution in [3.8, 4) is 5.75 Å². The fraction of sp³-hybridized carbons (Fsp3) is 0.684. The minimum Gasteiger partial charge on any atom is -0.494 e. The highest BCUT2D eigenvalue weighted by atomic mass is 16.5. The normalized spacial score (nSPS) is 23.8. The molecule has 0 bridgehead atoms. The highest BCUT2D eigenvalue weighted by Crippen LogP contribution is 2.39. The lowest BCUT2D eigenvalue weighted by atomic mass is 9.77. The van der Waals surface area contributed by atoms with Crippen LogP contribution in [-0.4, -0.2) is 13.2 Å². The van der Waals surface area contributed by atoms with Crippen molar-refractivity contribution in [2.45, 2.75) is 58.9 Å². The maximum Gasteiger partial charge on any atom is 0.124 e. The zero-order chi connectivity index (χ0) is 15.1. The summed E-state index contributed by atoms with van der Waals surface area (Å²) in [6.07, 6.45) is 6.58. The van der Waals surface area contributed by atoms with Crippen molar-refractivity contribution in [2.75, 3.05) is 13.2 Å². The van der Waals surface area contributed by atoms with Gasteiger partial charge in [0.25, 0.3) is 0 Å². The Balaban J connectivity index is 2.18. The lowest BCUT2D eigenvalue weighted by Gasteiger charge is -2.34. The fourth-order valence-electron chi connectivity index (χ4n) is 3.47. The first-order chi connectivity index (χ1) is 10.3. The van der Waals surface area contributed by atoms with Gasteiger partial charge in [-0.1, -0.05) is 44.9 Å². The predicted molar refractivity (Wildman–Crippen MR) is 89.8 cm³/mol. The number of para-hydroxylation sites is 1. The van der Waals surface area contributed by atoms with Gasteiger partial charge < -0.3 is 10.1 Å². The maximum atomic E-state index is 5.87. The Hall–Kier alpha value is -1.02. The quantitative estimate of drug-likeness (QED) is 0.766. The molecule has 0 radical (unpaired) electrons. The highest BCUT2D eigenvalue weighted by Gasteiger charge is 2.28. The van der Waals surface area contributed by atoms with Crippen molar-refractivity contribution >= 4 is 0 Å². The molecule has 118 valence electrons. The molecule has 1 fully saturated rings. The summed E-state index contributed by atoms with van der Waals surface area (Å²) in [5.74, 6) is 2.71. The Morgan fingerprint density at radius 2 is 1.86 bits per heavy atom. The van der Waals surface area contributed by atoms with Crippen LogP contribution in [-0.2, 0) is 0 Å². The average molecular weight is 289 g/mol. The molecule has 0 heterocycles. The summed E-state index contributed by atoms with van der Waals surface area (Å²) in [5, 5.41) is 3.79. The van der Waals surface area contributed by atoms with Crippen LogP contribution in [0.2, 0.25) is 0 Å². The van der Waals surface area contributed by atoms with Crippen molar-refractivity contribution in [2.24, 2.45) is 11.8 Å². The number of hydrogen-bond donors (Lipinski definition) is 1. The molecule has 1 atom stereocenters. The molecule has 0 aliphatic heterocycles. The standard InChI is InChI=1S/C19H31NO/c1-4-14-20-19(16-12-10-15(3)11-13-16)17-8-6-7-9-18(17)21-5-2/h6-9,15-16,19-20H,4-5,10-14H2,1-3H3. The maximum absolute atomic E-state index is 5.87. The van der Waals surface area contributed by atoms with E-state index in [1.165, 1.54) is 37.7 Å². The summed E-state index contributed by atoms with van der Waals surface area (Å²) in [6.45, 7) is 8.50. The Labute approximate surface area is 130 Å². The summed E-state index contributed by atoms with van der Waals surface area (Å²) >= 11 is 0. The Morgan fingerprint density at radius 1 is 1.14 bits per heavy atom. The summed E-state index contributed by atoms with van der Waals surface area (Å²) in [4.78, 5) is 0. The Kier molecular flexibility index (Phi) is 6.56. The van der Waals surface area contributed by atoms with Gasteiger partial charge in [0.15, 0.2) is 0 Å². The SMILES string of the molecule is CCCNC(c1ccccc1OCC)C1CCC(C)CC1. The van der Waals surface area contributed by atoms with E-state index in [-0.39, 0.29) is 0 Å². The second-order valence-corrected chi connectivity index (χ2v) is 6.42. The Bertz CT molecular complexity index is 410. The average Bonchev–Trinajstić information content (AvgIpc) is 2.51. The number of nitrogens with one attached hydrogen (secondary N) is 1. The number of benzene rings is 1. The van der Waals surface area contributed by atoms with Gasteiger partial charge in [-0.25, -0.2) is 0 Å². The van der Waals surface area contributed by atoms with Gasteiger partial charge in [0.05, 0.1) is 6.61 Å². The molecule has 1 N–H and O–H groups in total. The topological polar surface area (TPSA) is 21.3 Å². The Morgan fingerprint density at radius 3 is 2.52 bits per heavy atom. The van der Waals surface area contributed by atoms with Gasteiger partial charge >= 0.3 is 0 Å². The zero-order valence-electron chi connectivity index (χ0n) is 13.9. The monoisotopic (exact) mass is 289 g/mol. The van der Waals surface area contributed by atoms with Crippen LogP contribution in [0.4, 0.5) is 0 Å². The molecule has 2 rings (SSSR count). The van der Waals surface area contributed by atoms with Gasteiger partial charge in [0.1, 0.15) is 5.75 Å². The molecule has 2 nitrogen and oxygen atoms in total. The van der Waals surface area contributed by atoms with E-state index in [2.05, 4.69) is 50.4 Å². The fourth-order valence-corrected chi connectivity index (χ4v) is 3.47. The van der Waals surface area contributed by atoms with Gasteiger partial charge in [-0.3, -0.25) is 0 Å². The van der Waals surface area contributed by atoms with E-state index >= 15 is 0 Å². The van der Waals surface area contributed by atoms with Crippen molar-refractivity contribution < 1.29 is 4.74 Å². The second-order valence-electron chi connectivity index (χ2n) is 6.42. The molecule has 1 aliphatic rings. The third-order valence-corrected chi connectivity index (χ3v) is 4.70. The summed E-state index contributed by atoms with van der Waals surface area (Å²) in [5.41, 5.74) is 1.35. The molecule has 0 saturated heterocycles.